The van der Waals surface area contributed by atoms with Gasteiger partial charge in [-0.3, -0.25) is 4.98 Å². The lowest BCUT2D eigenvalue weighted by Crippen LogP contribution is -2.40. The van der Waals surface area contributed by atoms with E-state index in [1.165, 1.54) is 6.33 Å². The van der Waals surface area contributed by atoms with Crippen molar-refractivity contribution in [2.45, 2.75) is 79.1 Å². The molecular weight excluding hydrogens is 452 g/mol. The molecule has 1 aliphatic heterocycles. The van der Waals surface area contributed by atoms with Gasteiger partial charge in [0.1, 0.15) is 12.4 Å². The minimum Gasteiger partial charge on any atom is -0.474 e. The van der Waals surface area contributed by atoms with Crippen LogP contribution in [0.25, 0.3) is 0 Å². The number of piperidine rings is 1. The van der Waals surface area contributed by atoms with Gasteiger partial charge in [0.25, 0.3) is 0 Å². The second-order valence-corrected chi connectivity index (χ2v) is 9.02. The molecule has 2 aromatic rings. The van der Waals surface area contributed by atoms with E-state index in [1.807, 2.05) is 39.8 Å². The Morgan fingerprint density at radius 1 is 1.06 bits per heavy atom. The first-order valence-corrected chi connectivity index (χ1v) is 12.1. The molecule has 3 rings (SSSR count). The van der Waals surface area contributed by atoms with E-state index in [2.05, 4.69) is 15.0 Å². The first-order valence-electron chi connectivity index (χ1n) is 12.1. The van der Waals surface area contributed by atoms with Gasteiger partial charge in [0, 0.05) is 38.0 Å². The van der Waals surface area contributed by atoms with Crippen LogP contribution in [0.2, 0.25) is 0 Å². The van der Waals surface area contributed by atoms with Crippen molar-refractivity contribution in [1.82, 2.24) is 20.0 Å². The minimum absolute atomic E-state index is 0.0619. The van der Waals surface area contributed by atoms with Crippen LogP contribution in [-0.4, -0.2) is 64.2 Å². The summed E-state index contributed by atoms with van der Waals surface area (Å²) in [6, 6.07) is 3.84. The summed E-state index contributed by atoms with van der Waals surface area (Å²) in [5.41, 5.74) is 2.43. The zero-order valence-electron chi connectivity index (χ0n) is 21.4. The van der Waals surface area contributed by atoms with E-state index in [9.17, 15) is 4.79 Å². The monoisotopic (exact) mass is 488 g/mol. The number of hydroxylamine groups is 2. The summed E-state index contributed by atoms with van der Waals surface area (Å²) < 4.78 is 22.8. The van der Waals surface area contributed by atoms with E-state index in [0.29, 0.717) is 55.6 Å². The van der Waals surface area contributed by atoms with Crippen molar-refractivity contribution in [2.24, 2.45) is 0 Å². The lowest BCUT2D eigenvalue weighted by molar-refractivity contribution is -0.151. The Morgan fingerprint density at radius 2 is 1.77 bits per heavy atom. The Kier molecular flexibility index (Phi) is 9.62. The third-order valence-corrected chi connectivity index (χ3v) is 5.32. The van der Waals surface area contributed by atoms with Crippen LogP contribution in [-0.2, 0) is 20.7 Å². The van der Waals surface area contributed by atoms with Gasteiger partial charge in [0.05, 0.1) is 30.1 Å². The van der Waals surface area contributed by atoms with Gasteiger partial charge in [0.15, 0.2) is 5.75 Å². The molecule has 0 aliphatic carbocycles. The number of ether oxygens (including phenoxy) is 4. The molecule has 0 saturated carbocycles. The van der Waals surface area contributed by atoms with E-state index in [1.54, 1.807) is 18.9 Å². The number of hydrogen-bond acceptors (Lipinski definition) is 10. The average Bonchev–Trinajstić information content (AvgIpc) is 2.78. The highest BCUT2D eigenvalue weighted by molar-refractivity contribution is 5.59. The van der Waals surface area contributed by atoms with Gasteiger partial charge < -0.3 is 23.8 Å². The Bertz CT molecular complexity index is 976. The third kappa shape index (κ3) is 8.32. The zero-order valence-corrected chi connectivity index (χ0v) is 21.4. The molecule has 3 heterocycles. The standard InChI is InChI=1S/C25H36N4O6/c1-16(2)31-14-11-20-7-8-22(19(6)28-20)34-24-18(5)23(26-15-27-24)33-21-9-12-29(13-10-21)35-25(30)32-17(3)4/h7-8,15-17,21H,9-14H2,1-6H3. The highest BCUT2D eigenvalue weighted by Gasteiger charge is 2.25. The number of rotatable bonds is 10. The van der Waals surface area contributed by atoms with Gasteiger partial charge in [-0.25, -0.2) is 14.8 Å². The zero-order chi connectivity index (χ0) is 25.4. The molecule has 1 fully saturated rings. The Hall–Kier alpha value is -2.98. The number of hydrogen-bond donors (Lipinski definition) is 0. The summed E-state index contributed by atoms with van der Waals surface area (Å²) in [5, 5.41) is 1.60. The second-order valence-electron chi connectivity index (χ2n) is 9.02. The molecule has 1 saturated heterocycles. The van der Waals surface area contributed by atoms with E-state index in [4.69, 9.17) is 23.8 Å². The molecular formula is C25H36N4O6. The molecule has 0 aromatic carbocycles. The number of pyridine rings is 1. The van der Waals surface area contributed by atoms with Crippen LogP contribution >= 0.6 is 0 Å². The molecule has 0 unspecified atom stereocenters. The van der Waals surface area contributed by atoms with Crippen molar-refractivity contribution in [2.75, 3.05) is 19.7 Å². The molecule has 0 N–H and O–H groups in total. The van der Waals surface area contributed by atoms with Crippen LogP contribution in [0.15, 0.2) is 18.5 Å². The van der Waals surface area contributed by atoms with Crippen molar-refractivity contribution in [3.05, 3.63) is 35.4 Å². The SMILES string of the molecule is Cc1nc(CCOC(C)C)ccc1Oc1ncnc(OC2CCN(OC(=O)OC(C)C)CC2)c1C. The number of aromatic nitrogens is 3. The fourth-order valence-electron chi connectivity index (χ4n) is 3.51. The molecule has 0 radical (unpaired) electrons. The van der Waals surface area contributed by atoms with E-state index in [0.717, 1.165) is 17.8 Å². The minimum atomic E-state index is -0.686. The summed E-state index contributed by atoms with van der Waals surface area (Å²) >= 11 is 0. The van der Waals surface area contributed by atoms with Gasteiger partial charge in [-0.15, -0.1) is 5.06 Å². The smallest absolute Gasteiger partial charge is 0.474 e. The van der Waals surface area contributed by atoms with Crippen LogP contribution in [0.5, 0.6) is 17.5 Å². The fourth-order valence-corrected chi connectivity index (χ4v) is 3.51. The van der Waals surface area contributed by atoms with Crippen molar-refractivity contribution < 1.29 is 28.6 Å². The molecule has 192 valence electrons. The van der Waals surface area contributed by atoms with E-state index >= 15 is 0 Å². The van der Waals surface area contributed by atoms with Gasteiger partial charge in [-0.1, -0.05) is 0 Å². The largest absolute Gasteiger partial charge is 0.528 e. The van der Waals surface area contributed by atoms with Crippen LogP contribution in [0.1, 0.15) is 57.5 Å². The summed E-state index contributed by atoms with van der Waals surface area (Å²) in [4.78, 5) is 30.1. The summed E-state index contributed by atoms with van der Waals surface area (Å²) in [5.74, 6) is 1.53. The van der Waals surface area contributed by atoms with Crippen molar-refractivity contribution >= 4 is 6.16 Å². The molecule has 0 atom stereocenters. The van der Waals surface area contributed by atoms with Crippen molar-refractivity contribution in [3.63, 3.8) is 0 Å². The number of carbonyl (C=O) groups excluding carboxylic acids is 1. The van der Waals surface area contributed by atoms with Gasteiger partial charge in [-0.05, 0) is 53.7 Å². The van der Waals surface area contributed by atoms with Crippen LogP contribution in [0, 0.1) is 13.8 Å². The maximum atomic E-state index is 11.7. The predicted molar refractivity (Wildman–Crippen MR) is 129 cm³/mol. The highest BCUT2D eigenvalue weighted by Crippen LogP contribution is 2.30. The summed E-state index contributed by atoms with van der Waals surface area (Å²) in [6.07, 6.45) is 2.76. The maximum absolute atomic E-state index is 11.7. The van der Waals surface area contributed by atoms with Crippen LogP contribution in [0.3, 0.4) is 0 Å². The van der Waals surface area contributed by atoms with Gasteiger partial charge in [-0.2, -0.15) is 0 Å². The molecule has 0 amide bonds. The average molecular weight is 489 g/mol. The lowest BCUT2D eigenvalue weighted by Gasteiger charge is -2.30. The number of nitrogens with zero attached hydrogens (tertiary/aromatic N) is 4. The fraction of sp³-hybridized carbons (Fsp3) is 0.600. The molecule has 0 spiro atoms. The molecule has 10 heteroatoms. The van der Waals surface area contributed by atoms with Gasteiger partial charge >= 0.3 is 6.16 Å². The third-order valence-electron chi connectivity index (χ3n) is 5.32. The summed E-state index contributed by atoms with van der Waals surface area (Å²) in [6.45, 7) is 13.1. The summed E-state index contributed by atoms with van der Waals surface area (Å²) in [7, 11) is 0. The Morgan fingerprint density at radius 3 is 2.43 bits per heavy atom. The van der Waals surface area contributed by atoms with E-state index in [-0.39, 0.29) is 18.3 Å². The van der Waals surface area contributed by atoms with Gasteiger partial charge in [0.2, 0.25) is 11.8 Å². The molecule has 10 nitrogen and oxygen atoms in total. The van der Waals surface area contributed by atoms with Crippen LogP contribution < -0.4 is 9.47 Å². The Labute approximate surface area is 206 Å². The normalized spacial score (nSPS) is 14.9. The first kappa shape index (κ1) is 26.6. The molecule has 0 bridgehead atoms. The van der Waals surface area contributed by atoms with E-state index < -0.39 is 6.16 Å². The first-order chi connectivity index (χ1) is 16.7. The Balaban J connectivity index is 1.55. The van der Waals surface area contributed by atoms with Crippen molar-refractivity contribution in [3.8, 4) is 17.5 Å². The van der Waals surface area contributed by atoms with Crippen LogP contribution in [0.4, 0.5) is 4.79 Å². The maximum Gasteiger partial charge on any atom is 0.528 e. The highest BCUT2D eigenvalue weighted by atomic mass is 16.8. The predicted octanol–water partition coefficient (Wildman–Crippen LogP) is 4.57. The molecule has 1 aliphatic rings. The van der Waals surface area contributed by atoms with Crippen molar-refractivity contribution in [1.29, 1.82) is 0 Å². The number of aryl methyl sites for hydroxylation is 1. The number of carbonyl (C=O) groups is 1. The second kappa shape index (κ2) is 12.6. The quantitative estimate of drug-likeness (QED) is 0.442. The molecule has 2 aromatic heterocycles. The topological polar surface area (TPSA) is 105 Å². The molecule has 35 heavy (non-hydrogen) atoms. The lowest BCUT2D eigenvalue weighted by atomic mass is 10.1.